The van der Waals surface area contributed by atoms with Gasteiger partial charge in [0.2, 0.25) is 0 Å². The van der Waals surface area contributed by atoms with E-state index < -0.39 is 0 Å². The maximum absolute atomic E-state index is 6.20. The van der Waals surface area contributed by atoms with Crippen LogP contribution in [0.5, 0.6) is 11.5 Å². The lowest BCUT2D eigenvalue weighted by atomic mass is 9.86. The summed E-state index contributed by atoms with van der Waals surface area (Å²) in [6, 6.07) is 30.1. The van der Waals surface area contributed by atoms with E-state index in [4.69, 9.17) is 9.05 Å². The zero-order valence-corrected chi connectivity index (χ0v) is 25.1. The molecule has 4 heteroatoms. The van der Waals surface area contributed by atoms with E-state index in [0.29, 0.717) is 17.6 Å². The molecule has 0 heterocycles. The SMILES string of the molecule is CCc1cc(CC)c(CPOc2ccccc2)c(-c2cc(CC)cc(CC)c2CPOc2ccccc2)c1. The molecule has 0 spiro atoms. The van der Waals surface area contributed by atoms with Crippen LogP contribution in [0.2, 0.25) is 0 Å². The molecule has 0 saturated carbocycles. The Kier molecular flexibility index (Phi) is 10.8. The van der Waals surface area contributed by atoms with Crippen LogP contribution in [0.1, 0.15) is 61.1 Å². The molecule has 0 aliphatic rings. The predicted molar refractivity (Wildman–Crippen MR) is 168 cm³/mol. The molecule has 2 unspecified atom stereocenters. The van der Waals surface area contributed by atoms with E-state index >= 15 is 0 Å². The van der Waals surface area contributed by atoms with Crippen LogP contribution in [0.4, 0.5) is 0 Å². The summed E-state index contributed by atoms with van der Waals surface area (Å²) in [6.45, 7) is 9.07. The molecule has 2 nitrogen and oxygen atoms in total. The van der Waals surface area contributed by atoms with Gasteiger partial charge in [-0.1, -0.05) is 88.4 Å². The van der Waals surface area contributed by atoms with E-state index in [0.717, 1.165) is 49.5 Å². The number of hydrogen-bond donors (Lipinski definition) is 0. The van der Waals surface area contributed by atoms with E-state index in [1.165, 1.54) is 44.5 Å². The molecule has 0 fully saturated rings. The monoisotopic (exact) mass is 542 g/mol. The van der Waals surface area contributed by atoms with Crippen LogP contribution in [0, 0.1) is 0 Å². The first-order valence-corrected chi connectivity index (χ1v) is 16.1. The molecule has 0 amide bonds. The standard InChI is InChI=1S/C34H40O2P2/c1-5-25-19-27(7-3)33(23-37-35-29-15-11-9-12-16-29)31(21-25)32-22-26(6-2)20-28(8-4)34(32)24-38-36-30-17-13-10-14-18-30/h9-22,37-38H,5-8,23-24H2,1-4H3. The van der Waals surface area contributed by atoms with Crippen LogP contribution in [-0.4, -0.2) is 0 Å². The van der Waals surface area contributed by atoms with Gasteiger partial charge < -0.3 is 9.05 Å². The average Bonchev–Trinajstić information content (AvgIpc) is 2.98. The molecular formula is C34H40O2P2. The zero-order valence-electron chi connectivity index (χ0n) is 23.1. The highest BCUT2D eigenvalue weighted by Crippen LogP contribution is 2.40. The van der Waals surface area contributed by atoms with Gasteiger partial charge in [0.15, 0.2) is 0 Å². The molecule has 0 aliphatic heterocycles. The highest BCUT2D eigenvalue weighted by molar-refractivity contribution is 7.32. The van der Waals surface area contributed by atoms with Crippen LogP contribution >= 0.6 is 17.6 Å². The van der Waals surface area contributed by atoms with E-state index in [1.54, 1.807) is 0 Å². The zero-order chi connectivity index (χ0) is 26.7. The Morgan fingerprint density at radius 1 is 0.500 bits per heavy atom. The largest absolute Gasteiger partial charge is 0.477 e. The normalized spacial score (nSPS) is 11.6. The number of hydrogen-bond acceptors (Lipinski definition) is 2. The minimum Gasteiger partial charge on any atom is -0.477 e. The first-order chi connectivity index (χ1) is 18.7. The molecule has 2 atom stereocenters. The molecule has 4 aromatic rings. The third-order valence-electron chi connectivity index (χ3n) is 7.04. The van der Waals surface area contributed by atoms with Gasteiger partial charge in [0, 0.05) is 12.3 Å². The summed E-state index contributed by atoms with van der Waals surface area (Å²) >= 11 is 0. The van der Waals surface area contributed by atoms with Crippen LogP contribution in [0.25, 0.3) is 11.1 Å². The van der Waals surface area contributed by atoms with Gasteiger partial charge in [-0.15, -0.1) is 0 Å². The number of aryl methyl sites for hydroxylation is 4. The Balaban J connectivity index is 1.74. The molecule has 0 saturated heterocycles. The summed E-state index contributed by atoms with van der Waals surface area (Å²) < 4.78 is 12.4. The molecule has 0 aromatic heterocycles. The van der Waals surface area contributed by atoms with Crippen molar-refractivity contribution < 1.29 is 9.05 Å². The summed E-state index contributed by atoms with van der Waals surface area (Å²) in [6.07, 6.45) is 5.94. The van der Waals surface area contributed by atoms with Gasteiger partial charge >= 0.3 is 0 Å². The summed E-state index contributed by atoms with van der Waals surface area (Å²) in [7, 11) is 0.752. The molecule has 4 aromatic carbocycles. The highest BCUT2D eigenvalue weighted by atomic mass is 31.1. The van der Waals surface area contributed by atoms with Crippen molar-refractivity contribution in [2.45, 2.75) is 65.7 Å². The van der Waals surface area contributed by atoms with Gasteiger partial charge in [-0.25, -0.2) is 0 Å². The van der Waals surface area contributed by atoms with E-state index in [1.807, 2.05) is 60.7 Å². The van der Waals surface area contributed by atoms with Gasteiger partial charge in [0.25, 0.3) is 0 Å². The summed E-state index contributed by atoms with van der Waals surface area (Å²) in [4.78, 5) is 0. The summed E-state index contributed by atoms with van der Waals surface area (Å²) in [5, 5.41) is 0. The van der Waals surface area contributed by atoms with Crippen molar-refractivity contribution in [1.82, 2.24) is 0 Å². The van der Waals surface area contributed by atoms with Crippen LogP contribution in [0.3, 0.4) is 0 Å². The number of benzene rings is 4. The van der Waals surface area contributed by atoms with Crippen molar-refractivity contribution in [2.24, 2.45) is 0 Å². The first-order valence-electron chi connectivity index (χ1n) is 13.9. The Hall–Kier alpha value is -2.66. The molecule has 0 bridgehead atoms. The van der Waals surface area contributed by atoms with Gasteiger partial charge in [-0.05, 0) is 94.5 Å². The number of para-hydroxylation sites is 2. The maximum Gasteiger partial charge on any atom is 0.122 e. The molecule has 198 valence electrons. The Labute approximate surface area is 232 Å². The minimum absolute atomic E-state index is 0.376. The predicted octanol–water partition coefficient (Wildman–Crippen LogP) is 9.95. The van der Waals surface area contributed by atoms with Crippen molar-refractivity contribution >= 4 is 17.6 Å². The Morgan fingerprint density at radius 3 is 1.24 bits per heavy atom. The first kappa shape index (κ1) is 28.4. The summed E-state index contributed by atoms with van der Waals surface area (Å²) in [5.41, 5.74) is 11.3. The van der Waals surface area contributed by atoms with Gasteiger partial charge in [0.1, 0.15) is 11.5 Å². The lowest BCUT2D eigenvalue weighted by Gasteiger charge is -2.22. The number of rotatable bonds is 13. The molecule has 0 radical (unpaired) electrons. The Bertz CT molecular complexity index is 1200. The van der Waals surface area contributed by atoms with Crippen molar-refractivity contribution in [1.29, 1.82) is 0 Å². The fourth-order valence-electron chi connectivity index (χ4n) is 4.89. The second-order valence-electron chi connectivity index (χ2n) is 9.45. The molecule has 0 N–H and O–H groups in total. The lowest BCUT2D eigenvalue weighted by Crippen LogP contribution is -2.03. The molecule has 38 heavy (non-hydrogen) atoms. The molecule has 0 aliphatic carbocycles. The minimum atomic E-state index is 0.376. The quantitative estimate of drug-likeness (QED) is 0.157. The smallest absolute Gasteiger partial charge is 0.122 e. The van der Waals surface area contributed by atoms with E-state index in [9.17, 15) is 0 Å². The highest BCUT2D eigenvalue weighted by Gasteiger charge is 2.18. The van der Waals surface area contributed by atoms with Gasteiger partial charge in [-0.3, -0.25) is 0 Å². The summed E-state index contributed by atoms with van der Waals surface area (Å²) in [5.74, 6) is 1.88. The van der Waals surface area contributed by atoms with Crippen molar-refractivity contribution in [3.8, 4) is 22.6 Å². The van der Waals surface area contributed by atoms with Crippen molar-refractivity contribution in [2.75, 3.05) is 0 Å². The Morgan fingerprint density at radius 2 is 0.895 bits per heavy atom. The van der Waals surface area contributed by atoms with Gasteiger partial charge in [0.05, 0.1) is 17.6 Å². The van der Waals surface area contributed by atoms with Crippen molar-refractivity contribution in [3.63, 3.8) is 0 Å². The third kappa shape index (κ3) is 7.25. The van der Waals surface area contributed by atoms with Crippen LogP contribution < -0.4 is 9.05 Å². The van der Waals surface area contributed by atoms with Crippen LogP contribution in [-0.2, 0) is 38.0 Å². The topological polar surface area (TPSA) is 18.5 Å². The third-order valence-corrected chi connectivity index (χ3v) is 8.79. The molecular weight excluding hydrogens is 502 g/mol. The maximum atomic E-state index is 6.20. The van der Waals surface area contributed by atoms with E-state index in [2.05, 4.69) is 52.0 Å². The fourth-order valence-corrected chi connectivity index (χ4v) is 6.77. The second-order valence-corrected chi connectivity index (χ2v) is 11.1. The lowest BCUT2D eigenvalue weighted by molar-refractivity contribution is 0.629. The fraction of sp³-hybridized carbons (Fsp3) is 0.294. The van der Waals surface area contributed by atoms with Crippen LogP contribution in [0.15, 0.2) is 84.9 Å². The second kappa shape index (κ2) is 14.5. The van der Waals surface area contributed by atoms with Gasteiger partial charge in [-0.2, -0.15) is 0 Å². The average molecular weight is 543 g/mol. The van der Waals surface area contributed by atoms with Crippen molar-refractivity contribution in [3.05, 3.63) is 118 Å². The molecule has 4 rings (SSSR count). The van der Waals surface area contributed by atoms with E-state index in [-0.39, 0.29) is 0 Å².